The van der Waals surface area contributed by atoms with Crippen LogP contribution >= 0.6 is 0 Å². The van der Waals surface area contributed by atoms with E-state index in [0.29, 0.717) is 10.5 Å². The quantitative estimate of drug-likeness (QED) is 0.825. The molecule has 0 aromatic heterocycles. The first kappa shape index (κ1) is 16.5. The van der Waals surface area contributed by atoms with Crippen molar-refractivity contribution < 1.29 is 23.1 Å². The Hall–Kier alpha value is -1.60. The van der Waals surface area contributed by atoms with E-state index in [1.165, 1.54) is 0 Å². The van der Waals surface area contributed by atoms with Crippen molar-refractivity contribution in [3.63, 3.8) is 0 Å². The van der Waals surface area contributed by atoms with Crippen LogP contribution in [0.25, 0.3) is 0 Å². The van der Waals surface area contributed by atoms with E-state index in [-0.39, 0.29) is 13.1 Å². The molecule has 0 fully saturated rings. The van der Waals surface area contributed by atoms with Gasteiger partial charge in [0.05, 0.1) is 12.5 Å². The van der Waals surface area contributed by atoms with Gasteiger partial charge in [-0.25, -0.2) is 0 Å². The molecule has 1 rings (SSSR count). The number of halogens is 3. The number of rotatable bonds is 6. The van der Waals surface area contributed by atoms with Crippen molar-refractivity contribution >= 4 is 5.91 Å². The van der Waals surface area contributed by atoms with Crippen molar-refractivity contribution in [2.45, 2.75) is 12.1 Å². The van der Waals surface area contributed by atoms with Gasteiger partial charge in [-0.05, 0) is 5.56 Å². The summed E-state index contributed by atoms with van der Waals surface area (Å²) in [6.45, 7) is -2.39. The van der Waals surface area contributed by atoms with Gasteiger partial charge >= 0.3 is 6.18 Å². The summed E-state index contributed by atoms with van der Waals surface area (Å²) in [4.78, 5) is 12.8. The third kappa shape index (κ3) is 4.82. The van der Waals surface area contributed by atoms with Crippen molar-refractivity contribution in [2.75, 3.05) is 26.2 Å². The number of hydrogen-bond donors (Lipinski definition) is 2. The predicted molar refractivity (Wildman–Crippen MR) is 68.0 cm³/mol. The molecule has 0 saturated heterocycles. The molecule has 0 aliphatic heterocycles. The van der Waals surface area contributed by atoms with Gasteiger partial charge in [-0.3, -0.25) is 4.79 Å². The SMILES string of the molecule is NCC(C(=O)N(CCO)CC(F)(F)F)c1ccccc1. The maximum atomic E-state index is 12.5. The Kier molecular flexibility index (Phi) is 5.97. The number of benzene rings is 1. The molecule has 0 saturated carbocycles. The van der Waals surface area contributed by atoms with Gasteiger partial charge in [0.25, 0.3) is 0 Å². The Labute approximate surface area is 115 Å². The van der Waals surface area contributed by atoms with Crippen LogP contribution in [0.3, 0.4) is 0 Å². The first-order valence-corrected chi connectivity index (χ1v) is 6.10. The summed E-state index contributed by atoms with van der Waals surface area (Å²) in [5.41, 5.74) is 6.07. The fourth-order valence-electron chi connectivity index (χ4n) is 1.89. The van der Waals surface area contributed by atoms with E-state index >= 15 is 0 Å². The van der Waals surface area contributed by atoms with E-state index in [4.69, 9.17) is 10.8 Å². The maximum Gasteiger partial charge on any atom is 0.406 e. The topological polar surface area (TPSA) is 66.6 Å². The molecule has 3 N–H and O–H groups in total. The largest absolute Gasteiger partial charge is 0.406 e. The molecule has 4 nitrogen and oxygen atoms in total. The van der Waals surface area contributed by atoms with Crippen LogP contribution in [-0.4, -0.2) is 48.3 Å². The van der Waals surface area contributed by atoms with Crippen LogP contribution in [0.1, 0.15) is 11.5 Å². The zero-order valence-corrected chi connectivity index (χ0v) is 10.8. The standard InChI is InChI=1S/C13H17F3N2O2/c14-13(15,16)9-18(6-7-19)12(20)11(8-17)10-4-2-1-3-5-10/h1-5,11,19H,6-9,17H2. The van der Waals surface area contributed by atoms with Crippen molar-refractivity contribution in [3.05, 3.63) is 35.9 Å². The molecule has 0 heterocycles. The van der Waals surface area contributed by atoms with E-state index in [0.717, 1.165) is 0 Å². The Morgan fingerprint density at radius 1 is 1.30 bits per heavy atom. The molecule has 1 amide bonds. The Bertz CT molecular complexity index is 423. The lowest BCUT2D eigenvalue weighted by Gasteiger charge is -2.27. The summed E-state index contributed by atoms with van der Waals surface area (Å²) in [7, 11) is 0. The van der Waals surface area contributed by atoms with E-state index < -0.39 is 31.2 Å². The summed E-state index contributed by atoms with van der Waals surface area (Å²) >= 11 is 0. The van der Waals surface area contributed by atoms with Gasteiger partial charge in [0.15, 0.2) is 0 Å². The monoisotopic (exact) mass is 290 g/mol. The zero-order chi connectivity index (χ0) is 15.2. The molecule has 7 heteroatoms. The molecule has 0 radical (unpaired) electrons. The number of aliphatic hydroxyl groups is 1. The van der Waals surface area contributed by atoms with Crippen LogP contribution in [0.5, 0.6) is 0 Å². The number of amides is 1. The Morgan fingerprint density at radius 3 is 2.35 bits per heavy atom. The average molecular weight is 290 g/mol. The van der Waals surface area contributed by atoms with Crippen LogP contribution in [-0.2, 0) is 4.79 Å². The molecule has 1 atom stereocenters. The molecule has 20 heavy (non-hydrogen) atoms. The third-order valence-electron chi connectivity index (χ3n) is 2.79. The molecule has 1 aromatic carbocycles. The number of carbonyl (C=O) groups excluding carboxylic acids is 1. The Morgan fingerprint density at radius 2 is 1.90 bits per heavy atom. The number of carbonyl (C=O) groups is 1. The fraction of sp³-hybridized carbons (Fsp3) is 0.462. The van der Waals surface area contributed by atoms with E-state index in [2.05, 4.69) is 0 Å². The van der Waals surface area contributed by atoms with Crippen molar-refractivity contribution in [3.8, 4) is 0 Å². The summed E-state index contributed by atoms with van der Waals surface area (Å²) in [5.74, 6) is -1.57. The average Bonchev–Trinajstić information content (AvgIpc) is 2.39. The van der Waals surface area contributed by atoms with Gasteiger partial charge in [-0.1, -0.05) is 30.3 Å². The molecule has 0 bridgehead atoms. The summed E-state index contributed by atoms with van der Waals surface area (Å²) in [6.07, 6.45) is -4.51. The van der Waals surface area contributed by atoms with Crippen LogP contribution in [0, 0.1) is 0 Å². The van der Waals surface area contributed by atoms with E-state index in [1.54, 1.807) is 30.3 Å². The first-order valence-electron chi connectivity index (χ1n) is 6.10. The highest BCUT2D eigenvalue weighted by Gasteiger charge is 2.35. The first-order chi connectivity index (χ1) is 9.39. The summed E-state index contributed by atoms with van der Waals surface area (Å²) in [6, 6.07) is 8.39. The number of alkyl halides is 3. The fourth-order valence-corrected chi connectivity index (χ4v) is 1.89. The molecule has 1 unspecified atom stereocenters. The Balaban J connectivity index is 2.91. The van der Waals surface area contributed by atoms with Crippen molar-refractivity contribution in [2.24, 2.45) is 5.73 Å². The highest BCUT2D eigenvalue weighted by Crippen LogP contribution is 2.21. The molecule has 1 aromatic rings. The number of aliphatic hydroxyl groups excluding tert-OH is 1. The second-order valence-electron chi connectivity index (χ2n) is 4.30. The van der Waals surface area contributed by atoms with Crippen LogP contribution in [0.2, 0.25) is 0 Å². The number of hydrogen-bond acceptors (Lipinski definition) is 3. The predicted octanol–water partition coefficient (Wildman–Crippen LogP) is 1.11. The van der Waals surface area contributed by atoms with Crippen LogP contribution in [0.15, 0.2) is 30.3 Å². The summed E-state index contributed by atoms with van der Waals surface area (Å²) < 4.78 is 37.4. The van der Waals surface area contributed by atoms with Gasteiger partial charge in [-0.15, -0.1) is 0 Å². The number of nitrogens with zero attached hydrogens (tertiary/aromatic N) is 1. The van der Waals surface area contributed by atoms with Gasteiger partial charge in [0.1, 0.15) is 6.54 Å². The minimum atomic E-state index is -4.51. The van der Waals surface area contributed by atoms with Crippen LogP contribution < -0.4 is 5.73 Å². The number of nitrogens with two attached hydrogens (primary N) is 1. The van der Waals surface area contributed by atoms with Gasteiger partial charge in [0, 0.05) is 13.1 Å². The van der Waals surface area contributed by atoms with Crippen molar-refractivity contribution in [1.82, 2.24) is 4.90 Å². The molecule has 112 valence electrons. The lowest BCUT2D eigenvalue weighted by atomic mass is 9.97. The second-order valence-corrected chi connectivity index (χ2v) is 4.30. The molecule has 0 aliphatic rings. The highest BCUT2D eigenvalue weighted by molar-refractivity contribution is 5.84. The van der Waals surface area contributed by atoms with E-state index in [1.807, 2.05) is 0 Å². The molecular formula is C13H17F3N2O2. The molecular weight excluding hydrogens is 273 g/mol. The lowest BCUT2D eigenvalue weighted by molar-refractivity contribution is -0.162. The highest BCUT2D eigenvalue weighted by atomic mass is 19.4. The van der Waals surface area contributed by atoms with Gasteiger partial charge in [-0.2, -0.15) is 13.2 Å². The van der Waals surface area contributed by atoms with E-state index in [9.17, 15) is 18.0 Å². The molecule has 0 aliphatic carbocycles. The van der Waals surface area contributed by atoms with Gasteiger partial charge < -0.3 is 15.7 Å². The maximum absolute atomic E-state index is 12.5. The zero-order valence-electron chi connectivity index (χ0n) is 10.8. The van der Waals surface area contributed by atoms with Gasteiger partial charge in [0.2, 0.25) is 5.91 Å². The third-order valence-corrected chi connectivity index (χ3v) is 2.79. The van der Waals surface area contributed by atoms with Crippen LogP contribution in [0.4, 0.5) is 13.2 Å². The minimum Gasteiger partial charge on any atom is -0.395 e. The normalized spacial score (nSPS) is 13.1. The summed E-state index contributed by atoms with van der Waals surface area (Å²) in [5, 5.41) is 8.81. The second kappa shape index (κ2) is 7.25. The smallest absolute Gasteiger partial charge is 0.395 e. The molecule has 0 spiro atoms. The lowest BCUT2D eigenvalue weighted by Crippen LogP contribution is -2.44. The minimum absolute atomic E-state index is 0.0946. The van der Waals surface area contributed by atoms with Crippen molar-refractivity contribution in [1.29, 1.82) is 0 Å².